The number of carbonyl (C=O) groups excluding carboxylic acids is 3. The Morgan fingerprint density at radius 2 is 1.81 bits per heavy atom. The summed E-state index contributed by atoms with van der Waals surface area (Å²) in [4.78, 5) is 43.7. The van der Waals surface area contributed by atoms with Crippen molar-refractivity contribution in [3.8, 4) is 0 Å². The zero-order valence-electron chi connectivity index (χ0n) is 21.2. The van der Waals surface area contributed by atoms with E-state index in [0.29, 0.717) is 30.9 Å². The highest BCUT2D eigenvalue weighted by atomic mass is 19.4. The number of esters is 1. The molecule has 0 aliphatic carbocycles. The number of likely N-dealkylation sites (N-methyl/N-ethyl adjacent to an activating group) is 1. The topological polar surface area (TPSA) is 82.2 Å². The second kappa shape index (κ2) is 10.9. The van der Waals surface area contributed by atoms with E-state index in [9.17, 15) is 27.6 Å². The molecule has 2 atom stereocenters. The fourth-order valence-electron chi connectivity index (χ4n) is 4.56. The van der Waals surface area contributed by atoms with Gasteiger partial charge in [-0.25, -0.2) is 9.59 Å². The minimum atomic E-state index is -4.50. The van der Waals surface area contributed by atoms with Crippen molar-refractivity contribution in [1.29, 1.82) is 0 Å². The SMILES string of the molecule is CCOC(=O)C1=C(CN2CCN(C(=O)C(C)C)[C@H](C)C2)N(C)C(=O)N[C@@H]1c1ccc(C(F)(F)F)cc1. The van der Waals surface area contributed by atoms with Gasteiger partial charge >= 0.3 is 18.2 Å². The number of rotatable bonds is 6. The number of alkyl halides is 3. The molecular formula is C25H33F3N4O4. The maximum atomic E-state index is 13.1. The Hall–Kier alpha value is -3.08. The quantitative estimate of drug-likeness (QED) is 0.594. The van der Waals surface area contributed by atoms with E-state index in [1.165, 1.54) is 24.1 Å². The number of carbonyl (C=O) groups is 3. The van der Waals surface area contributed by atoms with Gasteiger partial charge in [0.2, 0.25) is 5.91 Å². The minimum absolute atomic E-state index is 0.0614. The van der Waals surface area contributed by atoms with Crippen molar-refractivity contribution in [2.75, 3.05) is 39.8 Å². The molecule has 1 fully saturated rings. The van der Waals surface area contributed by atoms with E-state index in [1.807, 2.05) is 25.7 Å². The zero-order valence-corrected chi connectivity index (χ0v) is 21.2. The molecule has 0 radical (unpaired) electrons. The molecular weight excluding hydrogens is 477 g/mol. The molecule has 1 N–H and O–H groups in total. The average Bonchev–Trinajstić information content (AvgIpc) is 2.81. The maximum Gasteiger partial charge on any atom is 0.416 e. The van der Waals surface area contributed by atoms with Crippen molar-refractivity contribution in [3.63, 3.8) is 0 Å². The molecule has 0 saturated carbocycles. The van der Waals surface area contributed by atoms with Gasteiger partial charge < -0.3 is 15.0 Å². The first-order valence-electron chi connectivity index (χ1n) is 12.0. The Labute approximate surface area is 209 Å². The fraction of sp³-hybridized carbons (Fsp3) is 0.560. The summed E-state index contributed by atoms with van der Waals surface area (Å²) in [6, 6.07) is 2.86. The van der Waals surface area contributed by atoms with E-state index in [4.69, 9.17) is 4.74 Å². The smallest absolute Gasteiger partial charge is 0.416 e. The lowest BCUT2D eigenvalue weighted by Crippen LogP contribution is -2.56. The number of hydrogen-bond acceptors (Lipinski definition) is 5. The maximum absolute atomic E-state index is 13.1. The van der Waals surface area contributed by atoms with E-state index < -0.39 is 29.8 Å². The summed E-state index contributed by atoms with van der Waals surface area (Å²) in [6.45, 7) is 9.26. The molecule has 0 spiro atoms. The molecule has 36 heavy (non-hydrogen) atoms. The summed E-state index contributed by atoms with van der Waals surface area (Å²) in [5.41, 5.74) is 0.103. The zero-order chi connectivity index (χ0) is 26.8. The highest BCUT2D eigenvalue weighted by Crippen LogP contribution is 2.34. The Bertz CT molecular complexity index is 1020. The lowest BCUT2D eigenvalue weighted by molar-refractivity contribution is -0.139. The van der Waals surface area contributed by atoms with Crippen LogP contribution in [0.1, 0.15) is 44.9 Å². The lowest BCUT2D eigenvalue weighted by atomic mass is 9.93. The molecule has 8 nitrogen and oxygen atoms in total. The standard InChI is InChI=1S/C25H33F3N4O4/c1-6-36-23(34)20-19(14-31-11-12-32(16(4)13-31)22(33)15(2)3)30(5)24(35)29-21(20)17-7-9-18(10-8-17)25(26,27)28/h7-10,15-16,21H,6,11-14H2,1-5H3,(H,29,35)/t16-,21-/m1/s1. The van der Waals surface area contributed by atoms with E-state index in [-0.39, 0.29) is 36.6 Å². The number of hydrogen-bond donors (Lipinski definition) is 1. The van der Waals surface area contributed by atoms with Crippen molar-refractivity contribution in [3.05, 3.63) is 46.7 Å². The Morgan fingerprint density at radius 3 is 2.33 bits per heavy atom. The van der Waals surface area contributed by atoms with Crippen LogP contribution in [0.15, 0.2) is 35.5 Å². The Balaban J connectivity index is 1.95. The molecule has 2 aliphatic rings. The molecule has 3 rings (SSSR count). The molecule has 11 heteroatoms. The Kier molecular flexibility index (Phi) is 8.33. The highest BCUT2D eigenvalue weighted by molar-refractivity contribution is 5.95. The largest absolute Gasteiger partial charge is 0.463 e. The van der Waals surface area contributed by atoms with E-state index in [0.717, 1.165) is 12.1 Å². The first-order valence-corrected chi connectivity index (χ1v) is 12.0. The van der Waals surface area contributed by atoms with Crippen LogP contribution >= 0.6 is 0 Å². The first kappa shape index (κ1) is 27.5. The van der Waals surface area contributed by atoms with Gasteiger partial charge in [-0.2, -0.15) is 13.2 Å². The van der Waals surface area contributed by atoms with Gasteiger partial charge in [-0.1, -0.05) is 26.0 Å². The number of halogens is 3. The second-order valence-electron chi connectivity index (χ2n) is 9.41. The van der Waals surface area contributed by atoms with Gasteiger partial charge in [0.05, 0.1) is 23.8 Å². The molecule has 2 aliphatic heterocycles. The molecule has 0 aromatic heterocycles. The number of ether oxygens (including phenoxy) is 1. The van der Waals surface area contributed by atoms with E-state index >= 15 is 0 Å². The number of nitrogens with one attached hydrogen (secondary N) is 1. The van der Waals surface area contributed by atoms with Crippen molar-refractivity contribution < 1.29 is 32.3 Å². The predicted octanol–water partition coefficient (Wildman–Crippen LogP) is 3.41. The molecule has 3 amide bonds. The third-order valence-corrected chi connectivity index (χ3v) is 6.51. The number of amides is 3. The molecule has 2 heterocycles. The van der Waals surface area contributed by atoms with Crippen molar-refractivity contribution in [2.24, 2.45) is 5.92 Å². The van der Waals surface area contributed by atoms with Crippen LogP contribution in [0.25, 0.3) is 0 Å². The van der Waals surface area contributed by atoms with Crippen LogP contribution in [0.3, 0.4) is 0 Å². The monoisotopic (exact) mass is 510 g/mol. The average molecular weight is 511 g/mol. The van der Waals surface area contributed by atoms with Crippen LogP contribution in [0, 0.1) is 5.92 Å². The van der Waals surface area contributed by atoms with Gasteiger partial charge in [0.25, 0.3) is 0 Å². The fourth-order valence-corrected chi connectivity index (χ4v) is 4.56. The summed E-state index contributed by atoms with van der Waals surface area (Å²) in [5.74, 6) is -0.689. The van der Waals surface area contributed by atoms with Crippen LogP contribution in [0.4, 0.5) is 18.0 Å². The molecule has 1 aromatic rings. The van der Waals surface area contributed by atoms with Crippen molar-refractivity contribution >= 4 is 17.9 Å². The third kappa shape index (κ3) is 5.83. The summed E-state index contributed by atoms with van der Waals surface area (Å²) in [6.07, 6.45) is -4.50. The van der Waals surface area contributed by atoms with Crippen LogP contribution in [-0.2, 0) is 20.5 Å². The molecule has 0 bridgehead atoms. The predicted molar refractivity (Wildman–Crippen MR) is 127 cm³/mol. The molecule has 1 aromatic carbocycles. The van der Waals surface area contributed by atoms with Gasteiger partial charge in [-0.3, -0.25) is 14.6 Å². The highest BCUT2D eigenvalue weighted by Gasteiger charge is 2.39. The van der Waals surface area contributed by atoms with Crippen LogP contribution < -0.4 is 5.32 Å². The summed E-state index contributed by atoms with van der Waals surface area (Å²) >= 11 is 0. The van der Waals surface area contributed by atoms with Gasteiger partial charge in [0.1, 0.15) is 0 Å². The first-order chi connectivity index (χ1) is 16.8. The minimum Gasteiger partial charge on any atom is -0.463 e. The lowest BCUT2D eigenvalue weighted by Gasteiger charge is -2.42. The Morgan fingerprint density at radius 1 is 1.17 bits per heavy atom. The molecule has 0 unspecified atom stereocenters. The number of piperazine rings is 1. The molecule has 198 valence electrons. The van der Waals surface area contributed by atoms with Gasteiger partial charge in [0, 0.05) is 50.9 Å². The second-order valence-corrected chi connectivity index (χ2v) is 9.41. The number of urea groups is 1. The van der Waals surface area contributed by atoms with Gasteiger partial charge in [0.15, 0.2) is 0 Å². The van der Waals surface area contributed by atoms with Crippen molar-refractivity contribution in [1.82, 2.24) is 20.0 Å². The van der Waals surface area contributed by atoms with Crippen LogP contribution in [0.5, 0.6) is 0 Å². The molecule has 1 saturated heterocycles. The number of benzene rings is 1. The van der Waals surface area contributed by atoms with Crippen LogP contribution in [-0.4, -0.2) is 78.5 Å². The number of nitrogens with zero attached hydrogens (tertiary/aromatic N) is 3. The van der Waals surface area contributed by atoms with E-state index in [1.54, 1.807) is 6.92 Å². The van der Waals surface area contributed by atoms with Gasteiger partial charge in [-0.15, -0.1) is 0 Å². The summed E-state index contributed by atoms with van der Waals surface area (Å²) < 4.78 is 44.5. The summed E-state index contributed by atoms with van der Waals surface area (Å²) in [7, 11) is 1.54. The van der Waals surface area contributed by atoms with Gasteiger partial charge in [-0.05, 0) is 31.5 Å². The summed E-state index contributed by atoms with van der Waals surface area (Å²) in [5, 5.41) is 2.72. The normalized spacial score (nSPS) is 21.6. The van der Waals surface area contributed by atoms with Crippen LogP contribution in [0.2, 0.25) is 0 Å². The third-order valence-electron chi connectivity index (χ3n) is 6.51. The van der Waals surface area contributed by atoms with E-state index in [2.05, 4.69) is 10.2 Å². The van der Waals surface area contributed by atoms with Crippen molar-refractivity contribution in [2.45, 2.75) is 46.0 Å².